The maximum atomic E-state index is 12.4. The second-order valence-corrected chi connectivity index (χ2v) is 6.19. The van der Waals surface area contributed by atoms with Crippen molar-refractivity contribution in [1.82, 2.24) is 15.5 Å². The van der Waals surface area contributed by atoms with E-state index in [1.54, 1.807) is 0 Å². The standard InChI is InChI=1S/C20H25N3O2/c24-20(21-15-17-7-3-1-4-8-17)22-19(18-9-5-2-6-10-18)16-23-11-13-25-14-12-23/h1-10,19H,11-16H2,(H2,21,22,24). The molecule has 1 fully saturated rings. The monoisotopic (exact) mass is 339 g/mol. The van der Waals surface area contributed by atoms with Crippen LogP contribution in [0.4, 0.5) is 4.79 Å². The molecule has 5 nitrogen and oxygen atoms in total. The summed E-state index contributed by atoms with van der Waals surface area (Å²) in [5, 5.41) is 6.06. The lowest BCUT2D eigenvalue weighted by Crippen LogP contribution is -2.45. The molecule has 0 radical (unpaired) electrons. The zero-order valence-corrected chi connectivity index (χ0v) is 14.4. The number of amides is 2. The van der Waals surface area contributed by atoms with Gasteiger partial charge in [0.15, 0.2) is 0 Å². The van der Waals surface area contributed by atoms with E-state index < -0.39 is 0 Å². The van der Waals surface area contributed by atoms with Crippen LogP contribution in [-0.2, 0) is 11.3 Å². The van der Waals surface area contributed by atoms with E-state index in [0.29, 0.717) is 6.54 Å². The molecule has 0 spiro atoms. The first-order valence-corrected chi connectivity index (χ1v) is 8.74. The largest absolute Gasteiger partial charge is 0.379 e. The number of hydrogen-bond acceptors (Lipinski definition) is 3. The van der Waals surface area contributed by atoms with Crippen LogP contribution in [0.5, 0.6) is 0 Å². The highest BCUT2D eigenvalue weighted by atomic mass is 16.5. The summed E-state index contributed by atoms with van der Waals surface area (Å²) in [6.45, 7) is 4.61. The Labute approximate surface area is 149 Å². The minimum Gasteiger partial charge on any atom is -0.379 e. The molecule has 1 aliphatic heterocycles. The number of carbonyl (C=O) groups excluding carboxylic acids is 1. The predicted octanol–water partition coefficient (Wildman–Crippen LogP) is 2.56. The molecule has 1 aliphatic rings. The molecule has 1 saturated heterocycles. The van der Waals surface area contributed by atoms with Crippen molar-refractivity contribution < 1.29 is 9.53 Å². The van der Waals surface area contributed by atoms with Crippen LogP contribution in [0.15, 0.2) is 60.7 Å². The smallest absolute Gasteiger partial charge is 0.315 e. The molecule has 2 aromatic carbocycles. The van der Waals surface area contributed by atoms with Crippen LogP contribution in [0.1, 0.15) is 17.2 Å². The minimum absolute atomic E-state index is 0.0462. The van der Waals surface area contributed by atoms with Crippen LogP contribution in [0.3, 0.4) is 0 Å². The Morgan fingerprint density at radius 3 is 2.32 bits per heavy atom. The first-order valence-electron chi connectivity index (χ1n) is 8.74. The van der Waals surface area contributed by atoms with Gasteiger partial charge in [-0.1, -0.05) is 60.7 Å². The quantitative estimate of drug-likeness (QED) is 0.850. The highest BCUT2D eigenvalue weighted by Gasteiger charge is 2.19. The first kappa shape index (κ1) is 17.5. The third-order valence-electron chi connectivity index (χ3n) is 4.35. The Bertz CT molecular complexity index is 643. The summed E-state index contributed by atoms with van der Waals surface area (Å²) in [5.41, 5.74) is 2.20. The number of nitrogens with zero attached hydrogens (tertiary/aromatic N) is 1. The fraction of sp³-hybridized carbons (Fsp3) is 0.350. The van der Waals surface area contributed by atoms with Gasteiger partial charge >= 0.3 is 6.03 Å². The van der Waals surface area contributed by atoms with E-state index >= 15 is 0 Å². The van der Waals surface area contributed by atoms with Crippen LogP contribution in [0.25, 0.3) is 0 Å². The number of morpholine rings is 1. The molecule has 0 aromatic heterocycles. The molecule has 25 heavy (non-hydrogen) atoms. The van der Waals surface area contributed by atoms with Crippen molar-refractivity contribution in [2.45, 2.75) is 12.6 Å². The number of urea groups is 1. The number of rotatable bonds is 6. The van der Waals surface area contributed by atoms with Crippen molar-refractivity contribution in [1.29, 1.82) is 0 Å². The molecule has 1 heterocycles. The summed E-state index contributed by atoms with van der Waals surface area (Å²) in [7, 11) is 0. The number of ether oxygens (including phenoxy) is 1. The molecular formula is C20H25N3O2. The summed E-state index contributed by atoms with van der Waals surface area (Å²) in [5.74, 6) is 0. The van der Waals surface area contributed by atoms with E-state index in [2.05, 4.69) is 27.7 Å². The van der Waals surface area contributed by atoms with Gasteiger partial charge in [0.1, 0.15) is 0 Å². The van der Waals surface area contributed by atoms with Crippen molar-refractivity contribution in [3.05, 3.63) is 71.8 Å². The van der Waals surface area contributed by atoms with Crippen LogP contribution < -0.4 is 10.6 Å². The predicted molar refractivity (Wildman–Crippen MR) is 98.3 cm³/mol. The Balaban J connectivity index is 1.59. The van der Waals surface area contributed by atoms with Crippen molar-refractivity contribution in [2.75, 3.05) is 32.8 Å². The van der Waals surface area contributed by atoms with Gasteiger partial charge < -0.3 is 15.4 Å². The van der Waals surface area contributed by atoms with Gasteiger partial charge in [0.2, 0.25) is 0 Å². The van der Waals surface area contributed by atoms with E-state index in [1.807, 2.05) is 48.5 Å². The lowest BCUT2D eigenvalue weighted by atomic mass is 10.1. The molecular weight excluding hydrogens is 314 g/mol. The summed E-state index contributed by atoms with van der Waals surface area (Å²) in [6, 6.07) is 19.8. The third kappa shape index (κ3) is 5.59. The lowest BCUT2D eigenvalue weighted by molar-refractivity contribution is 0.0340. The van der Waals surface area contributed by atoms with Crippen molar-refractivity contribution in [3.8, 4) is 0 Å². The van der Waals surface area contributed by atoms with Crippen LogP contribution >= 0.6 is 0 Å². The van der Waals surface area contributed by atoms with Crippen LogP contribution in [0.2, 0.25) is 0 Å². The Morgan fingerprint density at radius 1 is 1.00 bits per heavy atom. The summed E-state index contributed by atoms with van der Waals surface area (Å²) < 4.78 is 5.41. The van der Waals surface area contributed by atoms with Crippen molar-refractivity contribution in [3.63, 3.8) is 0 Å². The van der Waals surface area contributed by atoms with Crippen molar-refractivity contribution >= 4 is 6.03 Å². The fourth-order valence-corrected chi connectivity index (χ4v) is 2.95. The average molecular weight is 339 g/mol. The van der Waals surface area contributed by atoms with E-state index in [4.69, 9.17) is 4.74 Å². The molecule has 0 saturated carbocycles. The van der Waals surface area contributed by atoms with Gasteiger partial charge in [0, 0.05) is 26.2 Å². The van der Waals surface area contributed by atoms with Gasteiger partial charge in [-0.3, -0.25) is 4.90 Å². The van der Waals surface area contributed by atoms with Crippen LogP contribution in [0, 0.1) is 0 Å². The second kappa shape index (κ2) is 9.20. The van der Waals surface area contributed by atoms with E-state index in [-0.39, 0.29) is 12.1 Å². The maximum Gasteiger partial charge on any atom is 0.315 e. The van der Waals surface area contributed by atoms with Gasteiger partial charge in [-0.15, -0.1) is 0 Å². The number of benzene rings is 2. The summed E-state index contributed by atoms with van der Waals surface area (Å²) in [6.07, 6.45) is 0. The lowest BCUT2D eigenvalue weighted by Gasteiger charge is -2.31. The SMILES string of the molecule is O=C(NCc1ccccc1)NC(CN1CCOCC1)c1ccccc1. The molecule has 1 unspecified atom stereocenters. The van der Waals surface area contributed by atoms with Gasteiger partial charge in [0.25, 0.3) is 0 Å². The van der Waals surface area contributed by atoms with E-state index in [9.17, 15) is 4.79 Å². The minimum atomic E-state index is -0.147. The molecule has 2 amide bonds. The molecule has 2 N–H and O–H groups in total. The Hall–Kier alpha value is -2.37. The molecule has 1 atom stereocenters. The summed E-state index contributed by atoms with van der Waals surface area (Å²) >= 11 is 0. The van der Waals surface area contributed by atoms with Crippen molar-refractivity contribution in [2.24, 2.45) is 0 Å². The zero-order chi connectivity index (χ0) is 17.3. The zero-order valence-electron chi connectivity index (χ0n) is 14.4. The van der Waals surface area contributed by atoms with Gasteiger partial charge in [-0.05, 0) is 11.1 Å². The van der Waals surface area contributed by atoms with Crippen LogP contribution in [-0.4, -0.2) is 43.8 Å². The number of nitrogens with one attached hydrogen (secondary N) is 2. The number of carbonyl (C=O) groups is 1. The van der Waals surface area contributed by atoms with E-state index in [1.165, 1.54) is 0 Å². The van der Waals surface area contributed by atoms with Gasteiger partial charge in [-0.25, -0.2) is 4.79 Å². The maximum absolute atomic E-state index is 12.4. The first-order chi connectivity index (χ1) is 12.3. The number of hydrogen-bond donors (Lipinski definition) is 2. The molecule has 0 aliphatic carbocycles. The van der Waals surface area contributed by atoms with Gasteiger partial charge in [-0.2, -0.15) is 0 Å². The third-order valence-corrected chi connectivity index (χ3v) is 4.35. The van der Waals surface area contributed by atoms with Gasteiger partial charge in [0.05, 0.1) is 19.3 Å². The molecule has 3 rings (SSSR count). The van der Waals surface area contributed by atoms with E-state index in [0.717, 1.165) is 44.0 Å². The summed E-state index contributed by atoms with van der Waals surface area (Å²) in [4.78, 5) is 14.7. The average Bonchev–Trinajstić information content (AvgIpc) is 2.68. The molecule has 2 aromatic rings. The normalized spacial score (nSPS) is 16.2. The Morgan fingerprint density at radius 2 is 1.64 bits per heavy atom. The highest BCUT2D eigenvalue weighted by Crippen LogP contribution is 2.15. The second-order valence-electron chi connectivity index (χ2n) is 6.19. The molecule has 0 bridgehead atoms. The molecule has 5 heteroatoms. The highest BCUT2D eigenvalue weighted by molar-refractivity contribution is 5.74. The molecule has 132 valence electrons. The topological polar surface area (TPSA) is 53.6 Å². The fourth-order valence-electron chi connectivity index (χ4n) is 2.95. The Kier molecular flexibility index (Phi) is 6.42.